The minimum atomic E-state index is 0.520. The van der Waals surface area contributed by atoms with E-state index in [-0.39, 0.29) is 0 Å². The molecule has 2 N–H and O–H groups in total. The van der Waals surface area contributed by atoms with Crippen molar-refractivity contribution >= 4 is 11.6 Å². The van der Waals surface area contributed by atoms with Crippen LogP contribution in [0.1, 0.15) is 44.1 Å². The summed E-state index contributed by atoms with van der Waals surface area (Å²) < 4.78 is 10.6. The van der Waals surface area contributed by atoms with Gasteiger partial charge < -0.3 is 20.1 Å². The SMILES string of the molecule is COc1ccc(CNc2cc(NC3CCCCCC3)ncn2)cc1OC. The number of nitrogens with one attached hydrogen (secondary N) is 2. The monoisotopic (exact) mass is 356 g/mol. The van der Waals surface area contributed by atoms with E-state index in [4.69, 9.17) is 9.47 Å². The van der Waals surface area contributed by atoms with Gasteiger partial charge in [0.15, 0.2) is 11.5 Å². The third-order valence-corrected chi connectivity index (χ3v) is 4.80. The lowest BCUT2D eigenvalue weighted by Gasteiger charge is -2.17. The molecular weight excluding hydrogens is 328 g/mol. The standard InChI is InChI=1S/C20H28N4O2/c1-25-17-10-9-15(11-18(17)26-2)13-21-19-12-20(23-14-22-19)24-16-7-5-3-4-6-8-16/h9-12,14,16H,3-8,13H2,1-2H3,(H2,21,22,23,24). The van der Waals surface area contributed by atoms with Crippen LogP contribution in [0.25, 0.3) is 0 Å². The number of anilines is 2. The highest BCUT2D eigenvalue weighted by atomic mass is 16.5. The maximum Gasteiger partial charge on any atom is 0.161 e. The van der Waals surface area contributed by atoms with Gasteiger partial charge in [-0.15, -0.1) is 0 Å². The Morgan fingerprint density at radius 1 is 0.923 bits per heavy atom. The van der Waals surface area contributed by atoms with Crippen LogP contribution in [-0.2, 0) is 6.54 Å². The van der Waals surface area contributed by atoms with E-state index in [1.54, 1.807) is 20.5 Å². The van der Waals surface area contributed by atoms with Gasteiger partial charge in [0.1, 0.15) is 18.0 Å². The zero-order valence-corrected chi connectivity index (χ0v) is 15.6. The molecule has 3 rings (SSSR count). The lowest BCUT2D eigenvalue weighted by Crippen LogP contribution is -2.19. The van der Waals surface area contributed by atoms with Gasteiger partial charge in [0.05, 0.1) is 14.2 Å². The predicted octanol–water partition coefficient (Wildman–Crippen LogP) is 4.24. The fraction of sp³-hybridized carbons (Fsp3) is 0.500. The molecule has 0 unspecified atom stereocenters. The maximum atomic E-state index is 5.35. The molecular formula is C20H28N4O2. The van der Waals surface area contributed by atoms with Crippen molar-refractivity contribution in [2.24, 2.45) is 0 Å². The number of rotatable bonds is 7. The van der Waals surface area contributed by atoms with Crippen molar-refractivity contribution in [1.82, 2.24) is 9.97 Å². The summed E-state index contributed by atoms with van der Waals surface area (Å²) in [7, 11) is 3.28. The highest BCUT2D eigenvalue weighted by molar-refractivity contribution is 5.48. The first-order valence-corrected chi connectivity index (χ1v) is 9.32. The van der Waals surface area contributed by atoms with Crippen LogP contribution < -0.4 is 20.1 Å². The highest BCUT2D eigenvalue weighted by Crippen LogP contribution is 2.28. The van der Waals surface area contributed by atoms with Crippen LogP contribution in [-0.4, -0.2) is 30.2 Å². The Labute approximate surface area is 155 Å². The molecule has 0 saturated heterocycles. The maximum absolute atomic E-state index is 5.35. The van der Waals surface area contributed by atoms with Crippen LogP contribution in [0.5, 0.6) is 11.5 Å². The molecule has 1 heterocycles. The van der Waals surface area contributed by atoms with E-state index in [1.165, 1.54) is 38.5 Å². The minimum Gasteiger partial charge on any atom is -0.493 e. The van der Waals surface area contributed by atoms with Gasteiger partial charge in [-0.05, 0) is 30.5 Å². The molecule has 1 aromatic carbocycles. The Morgan fingerprint density at radius 2 is 1.65 bits per heavy atom. The Hall–Kier alpha value is -2.50. The summed E-state index contributed by atoms with van der Waals surface area (Å²) in [4.78, 5) is 8.69. The van der Waals surface area contributed by atoms with Gasteiger partial charge in [-0.2, -0.15) is 0 Å². The van der Waals surface area contributed by atoms with Crippen LogP contribution in [0.4, 0.5) is 11.6 Å². The number of ether oxygens (including phenoxy) is 2. The molecule has 0 spiro atoms. The van der Waals surface area contributed by atoms with E-state index in [2.05, 4.69) is 20.6 Å². The number of nitrogens with zero attached hydrogens (tertiary/aromatic N) is 2. The summed E-state index contributed by atoms with van der Waals surface area (Å²) in [6.45, 7) is 0.653. The summed E-state index contributed by atoms with van der Waals surface area (Å²) in [5.41, 5.74) is 1.10. The molecule has 6 nitrogen and oxygen atoms in total. The highest BCUT2D eigenvalue weighted by Gasteiger charge is 2.12. The molecule has 0 amide bonds. The van der Waals surface area contributed by atoms with Gasteiger partial charge in [-0.3, -0.25) is 0 Å². The van der Waals surface area contributed by atoms with Crippen LogP contribution in [0.15, 0.2) is 30.6 Å². The van der Waals surface area contributed by atoms with Crippen molar-refractivity contribution in [3.63, 3.8) is 0 Å². The number of benzene rings is 1. The second kappa shape index (κ2) is 9.27. The summed E-state index contributed by atoms with van der Waals surface area (Å²) in [6.07, 6.45) is 9.34. The Kier molecular flexibility index (Phi) is 6.52. The molecule has 0 bridgehead atoms. The van der Waals surface area contributed by atoms with Crippen molar-refractivity contribution in [3.05, 3.63) is 36.2 Å². The first-order chi connectivity index (χ1) is 12.8. The van der Waals surface area contributed by atoms with E-state index in [0.29, 0.717) is 12.6 Å². The summed E-state index contributed by atoms with van der Waals surface area (Å²) in [6, 6.07) is 8.39. The topological polar surface area (TPSA) is 68.3 Å². The first-order valence-electron chi connectivity index (χ1n) is 9.32. The predicted molar refractivity (Wildman–Crippen MR) is 104 cm³/mol. The quantitative estimate of drug-likeness (QED) is 0.723. The van der Waals surface area contributed by atoms with Crippen LogP contribution >= 0.6 is 0 Å². The molecule has 1 aromatic heterocycles. The lowest BCUT2D eigenvalue weighted by atomic mass is 10.1. The van der Waals surface area contributed by atoms with E-state index in [9.17, 15) is 0 Å². The first kappa shape index (κ1) is 18.3. The Morgan fingerprint density at radius 3 is 2.38 bits per heavy atom. The largest absolute Gasteiger partial charge is 0.493 e. The van der Waals surface area contributed by atoms with Crippen molar-refractivity contribution in [3.8, 4) is 11.5 Å². The number of aromatic nitrogens is 2. The van der Waals surface area contributed by atoms with Gasteiger partial charge in [0, 0.05) is 18.7 Å². The molecule has 1 aliphatic rings. The zero-order valence-electron chi connectivity index (χ0n) is 15.6. The third kappa shape index (κ3) is 5.00. The summed E-state index contributed by atoms with van der Waals surface area (Å²) >= 11 is 0. The van der Waals surface area contributed by atoms with Crippen molar-refractivity contribution in [2.45, 2.75) is 51.1 Å². The summed E-state index contributed by atoms with van der Waals surface area (Å²) in [5, 5.41) is 6.92. The second-order valence-corrected chi connectivity index (χ2v) is 6.66. The van der Waals surface area contributed by atoms with Gasteiger partial charge in [0.25, 0.3) is 0 Å². The number of hydrogen-bond donors (Lipinski definition) is 2. The van der Waals surface area contributed by atoms with E-state index in [0.717, 1.165) is 28.7 Å². The molecule has 1 fully saturated rings. The lowest BCUT2D eigenvalue weighted by molar-refractivity contribution is 0.354. The van der Waals surface area contributed by atoms with Crippen molar-refractivity contribution < 1.29 is 9.47 Å². The average Bonchev–Trinajstić information content (AvgIpc) is 2.95. The van der Waals surface area contributed by atoms with Gasteiger partial charge in [0.2, 0.25) is 0 Å². The van der Waals surface area contributed by atoms with Crippen LogP contribution in [0, 0.1) is 0 Å². The molecule has 6 heteroatoms. The Bertz CT molecular complexity index is 700. The van der Waals surface area contributed by atoms with Crippen molar-refractivity contribution in [1.29, 1.82) is 0 Å². The van der Waals surface area contributed by atoms with Gasteiger partial charge in [-0.1, -0.05) is 31.7 Å². The molecule has 0 radical (unpaired) electrons. The number of methoxy groups -OCH3 is 2. The molecule has 2 aromatic rings. The molecule has 26 heavy (non-hydrogen) atoms. The van der Waals surface area contributed by atoms with E-state index >= 15 is 0 Å². The van der Waals surface area contributed by atoms with E-state index in [1.807, 2.05) is 24.3 Å². The smallest absolute Gasteiger partial charge is 0.161 e. The summed E-state index contributed by atoms with van der Waals surface area (Å²) in [5.74, 6) is 3.16. The van der Waals surface area contributed by atoms with Crippen LogP contribution in [0.2, 0.25) is 0 Å². The van der Waals surface area contributed by atoms with Gasteiger partial charge >= 0.3 is 0 Å². The van der Waals surface area contributed by atoms with Crippen LogP contribution in [0.3, 0.4) is 0 Å². The molecule has 0 aliphatic heterocycles. The fourth-order valence-electron chi connectivity index (χ4n) is 3.35. The molecule has 140 valence electrons. The van der Waals surface area contributed by atoms with E-state index < -0.39 is 0 Å². The molecule has 1 saturated carbocycles. The molecule has 0 atom stereocenters. The van der Waals surface area contributed by atoms with Crippen molar-refractivity contribution in [2.75, 3.05) is 24.9 Å². The Balaban J connectivity index is 1.60. The average molecular weight is 356 g/mol. The normalized spacial score (nSPS) is 15.2. The third-order valence-electron chi connectivity index (χ3n) is 4.80. The van der Waals surface area contributed by atoms with Gasteiger partial charge in [-0.25, -0.2) is 9.97 Å². The second-order valence-electron chi connectivity index (χ2n) is 6.66. The number of hydrogen-bond acceptors (Lipinski definition) is 6. The zero-order chi connectivity index (χ0) is 18.2. The minimum absolute atomic E-state index is 0.520. The molecule has 1 aliphatic carbocycles. The fourth-order valence-corrected chi connectivity index (χ4v) is 3.35.